The van der Waals surface area contributed by atoms with Crippen LogP contribution in [0.5, 0.6) is 0 Å². The van der Waals surface area contributed by atoms with Crippen LogP contribution >= 0.6 is 0 Å². The third-order valence-electron chi connectivity index (χ3n) is 3.69. The van der Waals surface area contributed by atoms with Crippen LogP contribution < -0.4 is 4.90 Å². The first-order chi connectivity index (χ1) is 9.65. The van der Waals surface area contributed by atoms with Crippen molar-refractivity contribution in [1.29, 1.82) is 0 Å². The second-order valence-electron chi connectivity index (χ2n) is 5.41. The van der Waals surface area contributed by atoms with Crippen LogP contribution in [0.3, 0.4) is 0 Å². The van der Waals surface area contributed by atoms with E-state index in [1.165, 1.54) is 12.0 Å². The molecule has 20 heavy (non-hydrogen) atoms. The molecule has 0 radical (unpaired) electrons. The zero-order valence-corrected chi connectivity index (χ0v) is 12.0. The lowest BCUT2D eigenvalue weighted by Gasteiger charge is -2.31. The number of hydrogen-bond donors (Lipinski definition) is 1. The number of carboxylic acids is 1. The van der Waals surface area contributed by atoms with Crippen LogP contribution in [-0.2, 0) is 9.53 Å². The second-order valence-corrected chi connectivity index (χ2v) is 5.41. The van der Waals surface area contributed by atoms with Crippen molar-refractivity contribution in [3.05, 3.63) is 29.8 Å². The molecule has 1 aromatic carbocycles. The molecule has 1 aliphatic rings. The number of aryl methyl sites for hydroxylation is 1. The Bertz CT molecular complexity index is 424. The van der Waals surface area contributed by atoms with Crippen molar-refractivity contribution in [2.24, 2.45) is 0 Å². The molecule has 1 saturated heterocycles. The highest BCUT2D eigenvalue weighted by Crippen LogP contribution is 2.20. The number of benzene rings is 1. The number of ether oxygens (including phenoxy) is 1. The Labute approximate surface area is 120 Å². The molecule has 0 aliphatic carbocycles. The van der Waals surface area contributed by atoms with E-state index in [4.69, 9.17) is 9.84 Å². The fourth-order valence-electron chi connectivity index (χ4n) is 2.51. The molecule has 0 amide bonds. The van der Waals surface area contributed by atoms with E-state index < -0.39 is 5.97 Å². The number of carbonyl (C=O) groups is 1. The standard InChI is InChI=1S/C16H23NO3/c1-13-5-7-14(8-6-13)17(10-9-16(18)19)12-15-4-2-3-11-20-15/h5-8,15H,2-4,9-12H2,1H3,(H,18,19). The third-order valence-corrected chi connectivity index (χ3v) is 3.69. The van der Waals surface area contributed by atoms with Gasteiger partial charge in [-0.25, -0.2) is 0 Å². The van der Waals surface area contributed by atoms with E-state index >= 15 is 0 Å². The highest BCUT2D eigenvalue weighted by Gasteiger charge is 2.18. The predicted molar refractivity (Wildman–Crippen MR) is 79.2 cm³/mol. The largest absolute Gasteiger partial charge is 0.481 e. The number of hydrogen-bond acceptors (Lipinski definition) is 3. The number of nitrogens with zero attached hydrogens (tertiary/aromatic N) is 1. The number of rotatable bonds is 6. The minimum Gasteiger partial charge on any atom is -0.481 e. The van der Waals surface area contributed by atoms with Gasteiger partial charge in [0.25, 0.3) is 0 Å². The van der Waals surface area contributed by atoms with Gasteiger partial charge >= 0.3 is 5.97 Å². The molecular formula is C16H23NO3. The summed E-state index contributed by atoms with van der Waals surface area (Å²) in [5, 5.41) is 8.90. The van der Waals surface area contributed by atoms with Gasteiger partial charge in [-0.3, -0.25) is 4.79 Å². The minimum atomic E-state index is -0.758. The van der Waals surface area contributed by atoms with Gasteiger partial charge in [-0.2, -0.15) is 0 Å². The molecule has 1 fully saturated rings. The molecular weight excluding hydrogens is 254 g/mol. The first-order valence-corrected chi connectivity index (χ1v) is 7.30. The summed E-state index contributed by atoms with van der Waals surface area (Å²) in [5.74, 6) is -0.758. The topological polar surface area (TPSA) is 49.8 Å². The normalized spacial score (nSPS) is 18.8. The quantitative estimate of drug-likeness (QED) is 0.868. The maximum atomic E-state index is 10.8. The lowest BCUT2D eigenvalue weighted by molar-refractivity contribution is -0.136. The fraction of sp³-hybridized carbons (Fsp3) is 0.562. The van der Waals surface area contributed by atoms with Gasteiger partial charge in [0.1, 0.15) is 0 Å². The Morgan fingerprint density at radius 2 is 2.10 bits per heavy atom. The Kier molecular flexibility index (Phi) is 5.41. The number of carboxylic acid groups (broad SMARTS) is 1. The molecule has 4 heteroatoms. The van der Waals surface area contributed by atoms with Crippen LogP contribution in [0, 0.1) is 6.92 Å². The summed E-state index contributed by atoms with van der Waals surface area (Å²) in [6.45, 7) is 4.18. The van der Waals surface area contributed by atoms with Gasteiger partial charge in [-0.15, -0.1) is 0 Å². The molecule has 1 heterocycles. The van der Waals surface area contributed by atoms with E-state index in [1.54, 1.807) is 0 Å². The van der Waals surface area contributed by atoms with Crippen molar-refractivity contribution >= 4 is 11.7 Å². The maximum absolute atomic E-state index is 10.8. The summed E-state index contributed by atoms with van der Waals surface area (Å²) in [5.41, 5.74) is 2.28. The van der Waals surface area contributed by atoms with Crippen LogP contribution in [-0.4, -0.2) is 36.9 Å². The lowest BCUT2D eigenvalue weighted by atomic mass is 10.1. The molecule has 1 unspecified atom stereocenters. The Morgan fingerprint density at radius 1 is 1.35 bits per heavy atom. The molecule has 1 atom stereocenters. The van der Waals surface area contributed by atoms with E-state index in [2.05, 4.69) is 36.1 Å². The van der Waals surface area contributed by atoms with Crippen molar-refractivity contribution < 1.29 is 14.6 Å². The highest BCUT2D eigenvalue weighted by atomic mass is 16.5. The van der Waals surface area contributed by atoms with Crippen molar-refractivity contribution in [3.63, 3.8) is 0 Å². The molecule has 1 aliphatic heterocycles. The van der Waals surface area contributed by atoms with Gasteiger partial charge in [-0.05, 0) is 38.3 Å². The van der Waals surface area contributed by atoms with Crippen molar-refractivity contribution in [2.45, 2.75) is 38.7 Å². The molecule has 110 valence electrons. The molecule has 0 aromatic heterocycles. The summed E-state index contributed by atoms with van der Waals surface area (Å²) in [7, 11) is 0. The van der Waals surface area contributed by atoms with Crippen LogP contribution in [0.15, 0.2) is 24.3 Å². The SMILES string of the molecule is Cc1ccc(N(CCC(=O)O)CC2CCCCO2)cc1. The first-order valence-electron chi connectivity index (χ1n) is 7.30. The molecule has 4 nitrogen and oxygen atoms in total. The summed E-state index contributed by atoms with van der Waals surface area (Å²) in [6, 6.07) is 8.23. The molecule has 2 rings (SSSR count). The van der Waals surface area contributed by atoms with Crippen molar-refractivity contribution in [2.75, 3.05) is 24.6 Å². The van der Waals surface area contributed by atoms with E-state index in [-0.39, 0.29) is 12.5 Å². The van der Waals surface area contributed by atoms with Crippen LogP contribution in [0.4, 0.5) is 5.69 Å². The molecule has 0 saturated carbocycles. The van der Waals surface area contributed by atoms with Crippen molar-refractivity contribution in [1.82, 2.24) is 0 Å². The Morgan fingerprint density at radius 3 is 2.70 bits per heavy atom. The predicted octanol–water partition coefficient (Wildman–Crippen LogP) is 2.85. The summed E-state index contributed by atoms with van der Waals surface area (Å²) < 4.78 is 5.77. The second kappa shape index (κ2) is 7.29. The zero-order chi connectivity index (χ0) is 14.4. The van der Waals surface area contributed by atoms with Crippen molar-refractivity contribution in [3.8, 4) is 0 Å². The number of anilines is 1. The Balaban J connectivity index is 2.02. The van der Waals surface area contributed by atoms with E-state index in [1.807, 2.05) is 0 Å². The average molecular weight is 277 g/mol. The molecule has 0 spiro atoms. The smallest absolute Gasteiger partial charge is 0.305 e. The van der Waals surface area contributed by atoms with Gasteiger partial charge in [-0.1, -0.05) is 17.7 Å². The third kappa shape index (κ3) is 4.53. The van der Waals surface area contributed by atoms with Gasteiger partial charge in [0.05, 0.1) is 12.5 Å². The van der Waals surface area contributed by atoms with Crippen LogP contribution in [0.25, 0.3) is 0 Å². The summed E-state index contributed by atoms with van der Waals surface area (Å²) >= 11 is 0. The number of aliphatic carboxylic acids is 1. The maximum Gasteiger partial charge on any atom is 0.305 e. The molecule has 0 bridgehead atoms. The van der Waals surface area contributed by atoms with Gasteiger partial charge in [0.2, 0.25) is 0 Å². The fourth-order valence-corrected chi connectivity index (χ4v) is 2.51. The minimum absolute atomic E-state index is 0.153. The Hall–Kier alpha value is -1.55. The van der Waals surface area contributed by atoms with Gasteiger partial charge in [0.15, 0.2) is 0 Å². The van der Waals surface area contributed by atoms with Gasteiger partial charge in [0, 0.05) is 25.4 Å². The van der Waals surface area contributed by atoms with Crippen LogP contribution in [0.1, 0.15) is 31.2 Å². The zero-order valence-electron chi connectivity index (χ0n) is 12.0. The highest BCUT2D eigenvalue weighted by molar-refractivity contribution is 5.67. The van der Waals surface area contributed by atoms with E-state index in [0.717, 1.165) is 31.7 Å². The molecule has 1 N–H and O–H groups in total. The summed E-state index contributed by atoms with van der Waals surface area (Å²) in [4.78, 5) is 13.0. The van der Waals surface area contributed by atoms with E-state index in [0.29, 0.717) is 6.54 Å². The van der Waals surface area contributed by atoms with Gasteiger partial charge < -0.3 is 14.7 Å². The first kappa shape index (κ1) is 14.9. The molecule has 1 aromatic rings. The lowest BCUT2D eigenvalue weighted by Crippen LogP contribution is -2.37. The average Bonchev–Trinajstić information content (AvgIpc) is 2.45. The van der Waals surface area contributed by atoms with E-state index in [9.17, 15) is 4.79 Å². The summed E-state index contributed by atoms with van der Waals surface area (Å²) in [6.07, 6.45) is 3.77. The monoisotopic (exact) mass is 277 g/mol. The van der Waals surface area contributed by atoms with Crippen LogP contribution in [0.2, 0.25) is 0 Å².